The molecule has 8 heteroatoms. The van der Waals surface area contributed by atoms with E-state index in [1.807, 2.05) is 30.3 Å². The van der Waals surface area contributed by atoms with Crippen LogP contribution in [0.4, 0.5) is 0 Å². The number of ketones is 4. The van der Waals surface area contributed by atoms with Crippen molar-refractivity contribution in [3.05, 3.63) is 81.6 Å². The predicted octanol–water partition coefficient (Wildman–Crippen LogP) is 4.62. The van der Waals surface area contributed by atoms with Gasteiger partial charge in [0.05, 0.1) is 5.56 Å². The van der Waals surface area contributed by atoms with Crippen LogP contribution in [-0.2, 0) is 27.2 Å². The number of aliphatic hydroxyl groups is 3. The summed E-state index contributed by atoms with van der Waals surface area (Å²) < 4.78 is 0. The van der Waals surface area contributed by atoms with E-state index in [0.29, 0.717) is 5.56 Å². The van der Waals surface area contributed by atoms with Gasteiger partial charge in [-0.2, -0.15) is 0 Å². The first kappa shape index (κ1) is 28.5. The zero-order valence-electron chi connectivity index (χ0n) is 23.7. The Balaban J connectivity index is 1.75. The van der Waals surface area contributed by atoms with Crippen molar-refractivity contribution in [1.29, 1.82) is 0 Å². The van der Waals surface area contributed by atoms with E-state index in [2.05, 4.69) is 0 Å². The van der Waals surface area contributed by atoms with E-state index in [4.69, 9.17) is 0 Å². The summed E-state index contributed by atoms with van der Waals surface area (Å²) in [7, 11) is 0. The molecule has 0 saturated heterocycles. The van der Waals surface area contributed by atoms with E-state index in [0.717, 1.165) is 12.5 Å². The van der Waals surface area contributed by atoms with E-state index in [9.17, 15) is 39.6 Å². The summed E-state index contributed by atoms with van der Waals surface area (Å²) in [5, 5.41) is 45.8. The Morgan fingerprint density at radius 3 is 2.22 bits per heavy atom. The quantitative estimate of drug-likeness (QED) is 0.307. The van der Waals surface area contributed by atoms with Crippen molar-refractivity contribution in [3.63, 3.8) is 0 Å². The van der Waals surface area contributed by atoms with E-state index in [1.165, 1.54) is 12.1 Å². The second kappa shape index (κ2) is 9.24. The van der Waals surface area contributed by atoms with Crippen LogP contribution in [0.1, 0.15) is 68.1 Å². The molecule has 0 heterocycles. The number of carbonyl (C=O) groups excluding carboxylic acids is 4. The molecule has 2 aromatic rings. The highest BCUT2D eigenvalue weighted by Gasteiger charge is 2.72. The van der Waals surface area contributed by atoms with E-state index < -0.39 is 62.7 Å². The first-order valence-corrected chi connectivity index (χ1v) is 13.7. The number of hydrogen-bond acceptors (Lipinski definition) is 8. The average Bonchev–Trinajstić information content (AvgIpc) is 2.86. The molecular weight excluding hydrogens is 524 g/mol. The number of benzene rings is 2. The van der Waals surface area contributed by atoms with E-state index >= 15 is 0 Å². The van der Waals surface area contributed by atoms with Crippen molar-refractivity contribution in [2.24, 2.45) is 22.7 Å². The highest BCUT2D eigenvalue weighted by molar-refractivity contribution is 6.24. The van der Waals surface area contributed by atoms with Gasteiger partial charge in [0.15, 0.2) is 23.0 Å². The molecule has 0 aliphatic heterocycles. The molecule has 4 atom stereocenters. The maximum Gasteiger partial charge on any atom is 0.203 e. The predicted molar refractivity (Wildman–Crippen MR) is 150 cm³/mol. The Morgan fingerprint density at radius 2 is 1.63 bits per heavy atom. The van der Waals surface area contributed by atoms with Crippen molar-refractivity contribution >= 4 is 28.9 Å². The summed E-state index contributed by atoms with van der Waals surface area (Å²) >= 11 is 0. The Kier molecular flexibility index (Phi) is 6.42. The van der Waals surface area contributed by atoms with Crippen LogP contribution in [0.25, 0.3) is 5.76 Å². The molecule has 3 aliphatic rings. The molecule has 214 valence electrons. The number of hydrogen-bond donors (Lipinski definition) is 4. The van der Waals surface area contributed by atoms with Crippen molar-refractivity contribution in [2.45, 2.75) is 59.5 Å². The van der Waals surface area contributed by atoms with Gasteiger partial charge >= 0.3 is 0 Å². The molecule has 8 nitrogen and oxygen atoms in total. The Hall–Kier alpha value is -4.04. The molecule has 1 unspecified atom stereocenters. The summed E-state index contributed by atoms with van der Waals surface area (Å²) in [5.41, 5.74) is -4.90. The molecule has 4 N–H and O–H groups in total. The number of phenols is 1. The largest absolute Gasteiger partial charge is 0.508 e. The summed E-state index contributed by atoms with van der Waals surface area (Å²) in [5.74, 6) is -6.07. The Labute approximate surface area is 238 Å². The number of aliphatic hydroxyl groups excluding tert-OH is 2. The molecule has 3 aliphatic carbocycles. The Bertz CT molecular complexity index is 1600. The van der Waals surface area contributed by atoms with Gasteiger partial charge in [0.25, 0.3) is 0 Å². The number of allylic oxidation sites excluding steroid dienone is 1. The van der Waals surface area contributed by atoms with Gasteiger partial charge in [0.2, 0.25) is 5.78 Å². The van der Waals surface area contributed by atoms with Gasteiger partial charge in [0, 0.05) is 34.3 Å². The number of carbonyl (C=O) groups is 4. The van der Waals surface area contributed by atoms with E-state index in [-0.39, 0.29) is 47.5 Å². The molecule has 0 aromatic heterocycles. The molecule has 0 radical (unpaired) electrons. The average molecular weight is 559 g/mol. The van der Waals surface area contributed by atoms with Crippen LogP contribution in [-0.4, -0.2) is 49.2 Å². The van der Waals surface area contributed by atoms with Gasteiger partial charge in [-0.25, -0.2) is 0 Å². The number of fused-ring (bicyclic) bond motifs is 3. The van der Waals surface area contributed by atoms with E-state index in [1.54, 1.807) is 27.7 Å². The number of aromatic hydroxyl groups is 1. The summed E-state index contributed by atoms with van der Waals surface area (Å²) in [4.78, 5) is 53.9. The minimum atomic E-state index is -2.67. The summed E-state index contributed by atoms with van der Waals surface area (Å²) in [6.45, 7) is 7.85. The molecule has 41 heavy (non-hydrogen) atoms. The minimum Gasteiger partial charge on any atom is -0.508 e. The second-order valence-corrected chi connectivity index (χ2v) is 12.5. The fraction of sp³-hybridized carbons (Fsp3) is 0.394. The van der Waals surface area contributed by atoms with Gasteiger partial charge < -0.3 is 20.4 Å². The SMILES string of the molecule is CC(=O)C1=C(O)[C@]2(O)C(=O)C3=C(O)c4c(O)ccc(C(=O)Cc5ccccc5)c4C[C@]3(C)C[C@]2(C)C(C(C)C)C1=O. The lowest BCUT2D eigenvalue weighted by Crippen LogP contribution is -2.69. The van der Waals surface area contributed by atoms with Crippen molar-refractivity contribution in [1.82, 2.24) is 0 Å². The molecule has 0 bridgehead atoms. The van der Waals surface area contributed by atoms with Crippen LogP contribution in [0.5, 0.6) is 5.75 Å². The molecule has 1 saturated carbocycles. The zero-order valence-corrected chi connectivity index (χ0v) is 23.7. The van der Waals surface area contributed by atoms with Gasteiger partial charge in [-0.1, -0.05) is 58.0 Å². The van der Waals surface area contributed by atoms with Gasteiger partial charge in [-0.05, 0) is 48.9 Å². The van der Waals surface area contributed by atoms with Crippen LogP contribution in [0, 0.1) is 22.7 Å². The van der Waals surface area contributed by atoms with Crippen molar-refractivity contribution in [3.8, 4) is 5.75 Å². The smallest absolute Gasteiger partial charge is 0.203 e. The molecular formula is C33H34O8. The normalized spacial score (nSPS) is 29.3. The topological polar surface area (TPSA) is 149 Å². The molecule has 0 amide bonds. The summed E-state index contributed by atoms with van der Waals surface area (Å²) in [6.07, 6.45) is 0.0955. The van der Waals surface area contributed by atoms with Gasteiger partial charge in [-0.15, -0.1) is 0 Å². The van der Waals surface area contributed by atoms with Crippen molar-refractivity contribution in [2.75, 3.05) is 0 Å². The van der Waals surface area contributed by atoms with Crippen LogP contribution in [0.3, 0.4) is 0 Å². The first-order chi connectivity index (χ1) is 19.1. The minimum absolute atomic E-state index is 0.0348. The third-order valence-electron chi connectivity index (χ3n) is 9.40. The molecule has 5 rings (SSSR count). The van der Waals surface area contributed by atoms with Crippen LogP contribution in [0.2, 0.25) is 0 Å². The third-order valence-corrected chi connectivity index (χ3v) is 9.40. The van der Waals surface area contributed by atoms with Crippen LogP contribution < -0.4 is 0 Å². The standard InChI is InChI=1S/C33H34O8/c1-16(2)25-27(37)23(17(3)34)29(39)33(41)30(40)26-28(38)24-20(14-31(26,4)15-32(25,33)5)19(11-12-21(24)35)22(36)13-18-9-7-6-8-10-18/h6-12,16,25,35,38-39,41H,13-15H2,1-5H3/t25?,31-,32-,33+/m1/s1. The third kappa shape index (κ3) is 3.76. The van der Waals surface area contributed by atoms with Crippen LogP contribution in [0.15, 0.2) is 59.4 Å². The number of Topliss-reactive ketones (excluding diaryl/α,β-unsaturated/α-hetero) is 4. The van der Waals surface area contributed by atoms with Crippen molar-refractivity contribution < 1.29 is 39.6 Å². The molecule has 0 spiro atoms. The number of phenolic OH excluding ortho intramolecular Hbond substituents is 1. The zero-order chi connectivity index (χ0) is 30.2. The molecule has 1 fully saturated rings. The van der Waals surface area contributed by atoms with Gasteiger partial charge in [0.1, 0.15) is 22.8 Å². The first-order valence-electron chi connectivity index (χ1n) is 13.7. The number of rotatable bonds is 5. The van der Waals surface area contributed by atoms with Crippen LogP contribution >= 0.6 is 0 Å². The van der Waals surface area contributed by atoms with Gasteiger partial charge in [-0.3, -0.25) is 19.2 Å². The molecule has 2 aromatic carbocycles. The summed E-state index contributed by atoms with van der Waals surface area (Å²) in [6, 6.07) is 11.9. The maximum absolute atomic E-state index is 14.3. The fourth-order valence-corrected chi connectivity index (χ4v) is 7.86. The lowest BCUT2D eigenvalue weighted by Gasteiger charge is -2.59. The highest BCUT2D eigenvalue weighted by atomic mass is 16.3. The Morgan fingerprint density at radius 1 is 1.00 bits per heavy atom. The lowest BCUT2D eigenvalue weighted by atomic mass is 9.43. The maximum atomic E-state index is 14.3. The monoisotopic (exact) mass is 558 g/mol. The second-order valence-electron chi connectivity index (χ2n) is 12.5. The lowest BCUT2D eigenvalue weighted by molar-refractivity contribution is -0.178. The fourth-order valence-electron chi connectivity index (χ4n) is 7.86. The highest BCUT2D eigenvalue weighted by Crippen LogP contribution is 2.65.